The quantitative estimate of drug-likeness (QED) is 0.169. The summed E-state index contributed by atoms with van der Waals surface area (Å²) in [7, 11) is -3.99. The second kappa shape index (κ2) is 14.0. The highest BCUT2D eigenvalue weighted by atomic mass is 35.5. The van der Waals surface area contributed by atoms with Crippen molar-refractivity contribution in [1.29, 1.82) is 5.26 Å². The number of halogens is 1. The minimum absolute atomic E-state index is 0.0660. The van der Waals surface area contributed by atoms with Crippen molar-refractivity contribution in [3.63, 3.8) is 0 Å². The van der Waals surface area contributed by atoms with Crippen molar-refractivity contribution in [3.8, 4) is 6.07 Å². The van der Waals surface area contributed by atoms with Crippen molar-refractivity contribution in [1.82, 2.24) is 20.6 Å². The van der Waals surface area contributed by atoms with Crippen molar-refractivity contribution in [2.75, 3.05) is 24.6 Å². The molecule has 0 radical (unpaired) electrons. The van der Waals surface area contributed by atoms with Crippen LogP contribution in [-0.2, 0) is 15.6 Å². The SMILES string of the molecule is N#C/C(=C(/NCCCSc1ncco1)NCCSCc1ncccc1Cl)S(=O)(=O)c1ccccc1. The Morgan fingerprint density at radius 2 is 1.86 bits per heavy atom. The van der Waals surface area contributed by atoms with Gasteiger partial charge in [-0.15, -0.1) is 0 Å². The monoisotopic (exact) mass is 549 g/mol. The van der Waals surface area contributed by atoms with Gasteiger partial charge in [0, 0.05) is 36.5 Å². The third-order valence-corrected chi connectivity index (χ3v) is 8.51. The molecule has 0 unspecified atom stereocenters. The Hall–Kier alpha value is -2.65. The molecule has 2 heterocycles. The van der Waals surface area contributed by atoms with E-state index in [9.17, 15) is 13.7 Å². The molecular formula is C23H24ClN5O3S3. The van der Waals surface area contributed by atoms with Gasteiger partial charge < -0.3 is 15.1 Å². The predicted molar refractivity (Wildman–Crippen MR) is 140 cm³/mol. The normalized spacial score (nSPS) is 12.0. The number of allylic oxidation sites excluding steroid dienone is 1. The summed E-state index contributed by atoms with van der Waals surface area (Å²) in [5.74, 6) is 2.19. The van der Waals surface area contributed by atoms with Gasteiger partial charge in [0.05, 0.1) is 21.8 Å². The lowest BCUT2D eigenvalue weighted by molar-refractivity contribution is 0.454. The molecule has 0 saturated carbocycles. The molecule has 35 heavy (non-hydrogen) atoms. The summed E-state index contributed by atoms with van der Waals surface area (Å²) in [6.07, 6.45) is 5.49. The molecule has 0 spiro atoms. The Morgan fingerprint density at radius 3 is 2.57 bits per heavy atom. The van der Waals surface area contributed by atoms with Gasteiger partial charge >= 0.3 is 0 Å². The summed E-state index contributed by atoms with van der Waals surface area (Å²) in [5, 5.41) is 17.2. The van der Waals surface area contributed by atoms with Crippen molar-refractivity contribution in [2.24, 2.45) is 0 Å². The lowest BCUT2D eigenvalue weighted by Crippen LogP contribution is -2.32. The number of benzene rings is 1. The average Bonchev–Trinajstić information content (AvgIpc) is 3.38. The zero-order valence-corrected chi connectivity index (χ0v) is 21.9. The molecule has 0 fully saturated rings. The Balaban J connectivity index is 1.64. The first-order valence-electron chi connectivity index (χ1n) is 10.6. The van der Waals surface area contributed by atoms with E-state index in [0.29, 0.717) is 41.3 Å². The van der Waals surface area contributed by atoms with Crippen LogP contribution in [0.15, 0.2) is 86.4 Å². The first kappa shape index (κ1) is 26.9. The van der Waals surface area contributed by atoms with E-state index in [4.69, 9.17) is 16.0 Å². The third kappa shape index (κ3) is 8.21. The molecule has 0 aliphatic rings. The molecule has 3 rings (SSSR count). The predicted octanol–water partition coefficient (Wildman–Crippen LogP) is 4.48. The molecule has 184 valence electrons. The number of sulfone groups is 1. The van der Waals surface area contributed by atoms with Crippen LogP contribution >= 0.6 is 35.1 Å². The lowest BCUT2D eigenvalue weighted by Gasteiger charge is -2.16. The van der Waals surface area contributed by atoms with E-state index < -0.39 is 9.84 Å². The number of hydrogen-bond donors (Lipinski definition) is 2. The van der Waals surface area contributed by atoms with Crippen molar-refractivity contribution >= 4 is 45.0 Å². The van der Waals surface area contributed by atoms with Crippen molar-refractivity contribution in [3.05, 3.63) is 82.6 Å². The molecule has 0 atom stereocenters. The Labute approximate surface area is 218 Å². The molecule has 3 aromatic rings. The maximum atomic E-state index is 13.1. The minimum atomic E-state index is -3.99. The molecule has 0 saturated heterocycles. The minimum Gasteiger partial charge on any atom is -0.440 e. The molecule has 0 aliphatic carbocycles. The fourth-order valence-corrected chi connectivity index (χ4v) is 5.95. The van der Waals surface area contributed by atoms with Crippen LogP contribution in [0.3, 0.4) is 0 Å². The van der Waals surface area contributed by atoms with Gasteiger partial charge in [-0.1, -0.05) is 41.6 Å². The summed E-state index contributed by atoms with van der Waals surface area (Å²) >= 11 is 9.21. The second-order valence-electron chi connectivity index (χ2n) is 6.97. The molecule has 12 heteroatoms. The van der Waals surface area contributed by atoms with E-state index in [2.05, 4.69) is 20.6 Å². The van der Waals surface area contributed by atoms with E-state index in [-0.39, 0.29) is 15.6 Å². The molecular weight excluding hydrogens is 526 g/mol. The van der Waals surface area contributed by atoms with Gasteiger partial charge in [0.2, 0.25) is 9.84 Å². The van der Waals surface area contributed by atoms with Crippen LogP contribution in [0.1, 0.15) is 12.1 Å². The number of oxazole rings is 1. The van der Waals surface area contributed by atoms with Gasteiger partial charge in [-0.25, -0.2) is 13.4 Å². The van der Waals surface area contributed by atoms with E-state index in [0.717, 1.165) is 11.4 Å². The van der Waals surface area contributed by atoms with Gasteiger partial charge in [-0.2, -0.15) is 17.0 Å². The first-order chi connectivity index (χ1) is 17.0. The van der Waals surface area contributed by atoms with Crippen molar-refractivity contribution in [2.45, 2.75) is 22.3 Å². The van der Waals surface area contributed by atoms with Crippen LogP contribution in [0.25, 0.3) is 0 Å². The van der Waals surface area contributed by atoms with Crippen molar-refractivity contribution < 1.29 is 12.8 Å². The fraction of sp³-hybridized carbons (Fsp3) is 0.261. The Kier molecular flexibility index (Phi) is 10.8. The Morgan fingerprint density at radius 1 is 1.06 bits per heavy atom. The lowest BCUT2D eigenvalue weighted by atomic mass is 10.4. The van der Waals surface area contributed by atoms with E-state index in [1.807, 2.05) is 6.07 Å². The van der Waals surface area contributed by atoms with Crippen LogP contribution < -0.4 is 10.6 Å². The zero-order valence-electron chi connectivity index (χ0n) is 18.7. The average molecular weight is 550 g/mol. The highest BCUT2D eigenvalue weighted by molar-refractivity contribution is 7.99. The van der Waals surface area contributed by atoms with Crippen LogP contribution in [0.2, 0.25) is 5.02 Å². The van der Waals surface area contributed by atoms with E-state index >= 15 is 0 Å². The van der Waals surface area contributed by atoms with Crippen LogP contribution in [-0.4, -0.2) is 43.0 Å². The third-order valence-electron chi connectivity index (χ3n) is 4.53. The maximum absolute atomic E-state index is 13.1. The summed E-state index contributed by atoms with van der Waals surface area (Å²) in [6.45, 7) is 0.903. The number of rotatable bonds is 14. The number of hydrogen-bond acceptors (Lipinski definition) is 10. The van der Waals surface area contributed by atoms with E-state index in [1.165, 1.54) is 30.2 Å². The summed E-state index contributed by atoms with van der Waals surface area (Å²) < 4.78 is 31.5. The van der Waals surface area contributed by atoms with Gasteiger partial charge in [0.15, 0.2) is 4.91 Å². The molecule has 8 nitrogen and oxygen atoms in total. The molecule has 2 aromatic heterocycles. The number of nitriles is 1. The molecule has 2 N–H and O–H groups in total. The maximum Gasteiger partial charge on any atom is 0.255 e. The molecule has 0 aliphatic heterocycles. The number of aromatic nitrogens is 2. The molecule has 1 aromatic carbocycles. The summed E-state index contributed by atoms with van der Waals surface area (Å²) in [5.41, 5.74) is 0.793. The van der Waals surface area contributed by atoms with Crippen LogP contribution in [0.4, 0.5) is 0 Å². The molecule has 0 bridgehead atoms. The second-order valence-corrected chi connectivity index (χ2v) is 11.4. The largest absolute Gasteiger partial charge is 0.440 e. The van der Waals surface area contributed by atoms with E-state index in [1.54, 1.807) is 54.5 Å². The van der Waals surface area contributed by atoms with Gasteiger partial charge in [0.25, 0.3) is 5.22 Å². The number of thioether (sulfide) groups is 2. The van der Waals surface area contributed by atoms with Gasteiger partial charge in [-0.05, 0) is 30.7 Å². The summed E-state index contributed by atoms with van der Waals surface area (Å²) in [4.78, 5) is 8.04. The summed E-state index contributed by atoms with van der Waals surface area (Å²) in [6, 6.07) is 13.4. The number of pyridine rings is 1. The van der Waals surface area contributed by atoms with Gasteiger partial charge in [0.1, 0.15) is 18.2 Å². The number of nitrogens with one attached hydrogen (secondary N) is 2. The number of nitrogens with zero attached hydrogens (tertiary/aromatic N) is 3. The highest BCUT2D eigenvalue weighted by Crippen LogP contribution is 2.21. The highest BCUT2D eigenvalue weighted by Gasteiger charge is 2.25. The Bertz CT molecular complexity index is 1250. The zero-order chi connectivity index (χ0) is 24.9. The molecule has 0 amide bonds. The first-order valence-corrected chi connectivity index (χ1v) is 14.6. The smallest absolute Gasteiger partial charge is 0.255 e. The topological polar surface area (TPSA) is 121 Å². The van der Waals surface area contributed by atoms with Crippen LogP contribution in [0.5, 0.6) is 0 Å². The fourth-order valence-electron chi connectivity index (χ4n) is 2.86. The van der Waals surface area contributed by atoms with Gasteiger partial charge in [-0.3, -0.25) is 4.98 Å². The standard InChI is InChI=1S/C23H24ClN5O3S3/c24-19-8-4-9-26-20(19)17-33-15-12-28-22(27-10-5-14-34-23-29-11-13-32-23)21(16-25)35(30,31)18-6-2-1-3-7-18/h1-4,6-9,11,13,27-28H,5,10,12,14-15,17H2/b22-21+. The van der Waals surface area contributed by atoms with Crippen LogP contribution in [0, 0.1) is 11.3 Å².